The van der Waals surface area contributed by atoms with Crippen molar-refractivity contribution in [3.05, 3.63) is 0 Å². The Hall–Kier alpha value is -1.10. The molecular formula is C17H29NO4. The molecule has 0 saturated heterocycles. The zero-order valence-corrected chi connectivity index (χ0v) is 13.7. The number of amides is 1. The van der Waals surface area contributed by atoms with Gasteiger partial charge in [-0.15, -0.1) is 0 Å². The van der Waals surface area contributed by atoms with Gasteiger partial charge in [0.15, 0.2) is 0 Å². The fraction of sp³-hybridized carbons (Fsp3) is 0.882. The summed E-state index contributed by atoms with van der Waals surface area (Å²) in [5, 5.41) is 12.6. The van der Waals surface area contributed by atoms with Gasteiger partial charge in [-0.3, -0.25) is 9.59 Å². The monoisotopic (exact) mass is 311 g/mol. The molecule has 0 bridgehead atoms. The van der Waals surface area contributed by atoms with Crippen LogP contribution in [-0.4, -0.2) is 37.2 Å². The molecule has 0 aromatic carbocycles. The van der Waals surface area contributed by atoms with E-state index in [1.54, 1.807) is 7.11 Å². The molecule has 2 fully saturated rings. The van der Waals surface area contributed by atoms with Gasteiger partial charge in [-0.1, -0.05) is 32.1 Å². The number of aliphatic carboxylic acids is 1. The van der Waals surface area contributed by atoms with E-state index in [0.717, 1.165) is 51.4 Å². The average Bonchev–Trinajstić information content (AvgIpc) is 3.01. The van der Waals surface area contributed by atoms with Crippen molar-refractivity contribution in [1.82, 2.24) is 5.32 Å². The number of rotatable bonds is 7. The van der Waals surface area contributed by atoms with Crippen molar-refractivity contribution < 1.29 is 19.4 Å². The van der Waals surface area contributed by atoms with E-state index in [0.29, 0.717) is 19.4 Å². The highest BCUT2D eigenvalue weighted by Crippen LogP contribution is 2.42. The van der Waals surface area contributed by atoms with Gasteiger partial charge in [0, 0.05) is 20.3 Å². The summed E-state index contributed by atoms with van der Waals surface area (Å²) in [5.74, 6) is -0.724. The van der Waals surface area contributed by atoms with E-state index in [2.05, 4.69) is 5.32 Å². The summed E-state index contributed by atoms with van der Waals surface area (Å²) in [6, 6.07) is 0. The molecule has 0 aromatic rings. The van der Waals surface area contributed by atoms with Crippen LogP contribution in [0.5, 0.6) is 0 Å². The largest absolute Gasteiger partial charge is 0.481 e. The van der Waals surface area contributed by atoms with E-state index < -0.39 is 11.4 Å². The zero-order valence-electron chi connectivity index (χ0n) is 13.7. The Bertz CT molecular complexity index is 395. The Labute approximate surface area is 132 Å². The molecule has 0 aliphatic heterocycles. The molecule has 0 radical (unpaired) electrons. The fourth-order valence-corrected chi connectivity index (χ4v) is 4.07. The SMILES string of the molecule is COCCC1(C(=O)NCC2(C(=O)O)CCCCC2)CCCC1. The number of ether oxygens (including phenoxy) is 1. The average molecular weight is 311 g/mol. The fourth-order valence-electron chi connectivity index (χ4n) is 4.07. The van der Waals surface area contributed by atoms with Crippen LogP contribution in [0.2, 0.25) is 0 Å². The summed E-state index contributed by atoms with van der Waals surface area (Å²) in [7, 11) is 1.65. The van der Waals surface area contributed by atoms with Crippen molar-refractivity contribution in [2.75, 3.05) is 20.3 Å². The quantitative estimate of drug-likeness (QED) is 0.758. The highest BCUT2D eigenvalue weighted by molar-refractivity contribution is 5.84. The summed E-state index contributed by atoms with van der Waals surface area (Å²) in [6.45, 7) is 0.855. The minimum atomic E-state index is -0.759. The van der Waals surface area contributed by atoms with E-state index >= 15 is 0 Å². The first-order valence-corrected chi connectivity index (χ1v) is 8.55. The maximum atomic E-state index is 12.7. The number of hydrogen-bond acceptors (Lipinski definition) is 3. The molecule has 0 spiro atoms. The Morgan fingerprint density at radius 1 is 1.00 bits per heavy atom. The molecule has 0 heterocycles. The zero-order chi connectivity index (χ0) is 16.1. The number of carboxylic acids is 1. The predicted molar refractivity (Wildman–Crippen MR) is 83.6 cm³/mol. The second-order valence-electron chi connectivity index (χ2n) is 7.06. The van der Waals surface area contributed by atoms with Gasteiger partial charge in [-0.2, -0.15) is 0 Å². The highest BCUT2D eigenvalue weighted by Gasteiger charge is 2.44. The molecule has 22 heavy (non-hydrogen) atoms. The van der Waals surface area contributed by atoms with Crippen LogP contribution < -0.4 is 5.32 Å². The predicted octanol–water partition coefficient (Wildman–Crippen LogP) is 2.73. The van der Waals surface area contributed by atoms with Gasteiger partial charge in [0.05, 0.1) is 10.8 Å². The first-order valence-electron chi connectivity index (χ1n) is 8.55. The van der Waals surface area contributed by atoms with E-state index in [9.17, 15) is 14.7 Å². The Morgan fingerprint density at radius 3 is 2.09 bits per heavy atom. The Balaban J connectivity index is 1.98. The smallest absolute Gasteiger partial charge is 0.311 e. The summed E-state index contributed by atoms with van der Waals surface area (Å²) in [4.78, 5) is 24.4. The van der Waals surface area contributed by atoms with Crippen LogP contribution in [0.4, 0.5) is 0 Å². The number of carbonyl (C=O) groups excluding carboxylic acids is 1. The molecule has 2 saturated carbocycles. The summed E-state index contributed by atoms with van der Waals surface area (Å²) >= 11 is 0. The molecule has 0 unspecified atom stereocenters. The topological polar surface area (TPSA) is 75.6 Å². The second-order valence-corrected chi connectivity index (χ2v) is 7.06. The lowest BCUT2D eigenvalue weighted by molar-refractivity contribution is -0.151. The third kappa shape index (κ3) is 3.62. The van der Waals surface area contributed by atoms with Gasteiger partial charge in [0.1, 0.15) is 0 Å². The van der Waals surface area contributed by atoms with Crippen LogP contribution in [0.15, 0.2) is 0 Å². The minimum absolute atomic E-state index is 0.0354. The van der Waals surface area contributed by atoms with Crippen LogP contribution in [0.1, 0.15) is 64.2 Å². The lowest BCUT2D eigenvalue weighted by atomic mass is 9.73. The first-order chi connectivity index (χ1) is 10.5. The molecule has 2 aliphatic carbocycles. The summed E-state index contributed by atoms with van der Waals surface area (Å²) in [5.41, 5.74) is -1.10. The normalized spacial score (nSPS) is 23.1. The lowest BCUT2D eigenvalue weighted by Gasteiger charge is -2.35. The molecule has 2 aliphatic rings. The first kappa shape index (κ1) is 17.3. The Morgan fingerprint density at radius 2 is 1.55 bits per heavy atom. The van der Waals surface area contributed by atoms with Gasteiger partial charge in [0.2, 0.25) is 5.91 Å². The third-order valence-corrected chi connectivity index (χ3v) is 5.68. The van der Waals surface area contributed by atoms with Crippen LogP contribution >= 0.6 is 0 Å². The van der Waals surface area contributed by atoms with Crippen LogP contribution in [0.3, 0.4) is 0 Å². The number of methoxy groups -OCH3 is 1. The molecular weight excluding hydrogens is 282 g/mol. The second kappa shape index (κ2) is 7.44. The van der Waals surface area contributed by atoms with E-state index in [1.165, 1.54) is 0 Å². The van der Waals surface area contributed by atoms with Crippen LogP contribution in [0.25, 0.3) is 0 Å². The van der Waals surface area contributed by atoms with Gasteiger partial charge in [-0.25, -0.2) is 0 Å². The van der Waals surface area contributed by atoms with Crippen molar-refractivity contribution in [2.24, 2.45) is 10.8 Å². The van der Waals surface area contributed by atoms with Gasteiger partial charge < -0.3 is 15.2 Å². The molecule has 0 atom stereocenters. The Kier molecular flexibility index (Phi) is 5.84. The van der Waals surface area contributed by atoms with Gasteiger partial charge >= 0.3 is 5.97 Å². The highest BCUT2D eigenvalue weighted by atomic mass is 16.5. The maximum Gasteiger partial charge on any atom is 0.311 e. The number of hydrogen-bond donors (Lipinski definition) is 2. The molecule has 5 nitrogen and oxygen atoms in total. The van der Waals surface area contributed by atoms with Crippen molar-refractivity contribution >= 4 is 11.9 Å². The molecule has 126 valence electrons. The molecule has 5 heteroatoms. The lowest BCUT2D eigenvalue weighted by Crippen LogP contribution is -2.48. The summed E-state index contributed by atoms with van der Waals surface area (Å²) < 4.78 is 5.16. The van der Waals surface area contributed by atoms with Crippen molar-refractivity contribution in [2.45, 2.75) is 64.2 Å². The maximum absolute atomic E-state index is 12.7. The third-order valence-electron chi connectivity index (χ3n) is 5.68. The number of nitrogens with one attached hydrogen (secondary N) is 1. The van der Waals surface area contributed by atoms with E-state index in [4.69, 9.17) is 4.74 Å². The molecule has 1 amide bonds. The van der Waals surface area contributed by atoms with Crippen molar-refractivity contribution in [3.63, 3.8) is 0 Å². The van der Waals surface area contributed by atoms with Crippen molar-refractivity contribution in [1.29, 1.82) is 0 Å². The minimum Gasteiger partial charge on any atom is -0.481 e. The summed E-state index contributed by atoms with van der Waals surface area (Å²) in [6.07, 6.45) is 8.98. The molecule has 2 rings (SSSR count). The van der Waals surface area contributed by atoms with Gasteiger partial charge in [-0.05, 0) is 32.1 Å². The number of carboxylic acid groups (broad SMARTS) is 1. The molecule has 2 N–H and O–H groups in total. The molecule has 0 aromatic heterocycles. The van der Waals surface area contributed by atoms with E-state index in [-0.39, 0.29) is 17.9 Å². The standard InChI is InChI=1S/C17H29NO4/c1-22-12-11-16(7-5-6-8-16)14(19)18-13-17(15(20)21)9-3-2-4-10-17/h2-13H2,1H3,(H,18,19)(H,20,21). The van der Waals surface area contributed by atoms with Crippen molar-refractivity contribution in [3.8, 4) is 0 Å². The van der Waals surface area contributed by atoms with E-state index in [1.807, 2.05) is 0 Å². The number of carbonyl (C=O) groups is 2. The van der Waals surface area contributed by atoms with Crippen LogP contribution in [-0.2, 0) is 14.3 Å². The van der Waals surface area contributed by atoms with Gasteiger partial charge in [0.25, 0.3) is 0 Å². The van der Waals surface area contributed by atoms with Crippen LogP contribution in [0, 0.1) is 10.8 Å².